The molecule has 0 atom stereocenters. The van der Waals surface area contributed by atoms with E-state index >= 15 is 0 Å². The minimum Gasteiger partial charge on any atom is -0.493 e. The summed E-state index contributed by atoms with van der Waals surface area (Å²) in [6, 6.07) is 6.35. The van der Waals surface area contributed by atoms with Gasteiger partial charge in [-0.25, -0.2) is 8.42 Å². The number of carbonyl (C=O) groups is 1. The second kappa shape index (κ2) is 10.7. The molecule has 2 aromatic carbocycles. The standard InChI is InChI=1S/C25H30F2N2O5S/c1-16-14-17(2)19(4)24(18(16)3)35(31,32)29-12-10-28(11-13-29)23(30)9-7-20-6-8-21(34-25(26)27)22(15-20)33-5/h6-9,14-15,25H,10-13H2,1-5H3/b9-7+. The molecule has 7 nitrogen and oxygen atoms in total. The highest BCUT2D eigenvalue weighted by Crippen LogP contribution is 2.31. The number of benzene rings is 2. The summed E-state index contributed by atoms with van der Waals surface area (Å²) in [6.45, 7) is 5.38. The fraction of sp³-hybridized carbons (Fsp3) is 0.400. The van der Waals surface area contributed by atoms with Crippen LogP contribution in [0.4, 0.5) is 8.78 Å². The van der Waals surface area contributed by atoms with Crippen LogP contribution in [0.5, 0.6) is 11.5 Å². The molecule has 10 heteroatoms. The third-order valence-electron chi connectivity index (χ3n) is 6.27. The molecule has 0 aromatic heterocycles. The van der Waals surface area contributed by atoms with Crippen LogP contribution in [0.1, 0.15) is 27.8 Å². The van der Waals surface area contributed by atoms with Crippen molar-refractivity contribution in [2.75, 3.05) is 33.3 Å². The van der Waals surface area contributed by atoms with Gasteiger partial charge in [0, 0.05) is 32.3 Å². The van der Waals surface area contributed by atoms with Gasteiger partial charge in [-0.1, -0.05) is 12.1 Å². The van der Waals surface area contributed by atoms with E-state index in [1.807, 2.05) is 33.8 Å². The van der Waals surface area contributed by atoms with E-state index in [0.29, 0.717) is 10.5 Å². The van der Waals surface area contributed by atoms with Gasteiger partial charge in [0.25, 0.3) is 0 Å². The van der Waals surface area contributed by atoms with Gasteiger partial charge in [0.15, 0.2) is 11.5 Å². The van der Waals surface area contributed by atoms with Crippen molar-refractivity contribution in [2.24, 2.45) is 0 Å². The lowest BCUT2D eigenvalue weighted by molar-refractivity contribution is -0.127. The van der Waals surface area contributed by atoms with E-state index in [-0.39, 0.29) is 43.6 Å². The Labute approximate surface area is 205 Å². The molecule has 0 spiro atoms. The molecular weight excluding hydrogens is 478 g/mol. The number of alkyl halides is 2. The maximum Gasteiger partial charge on any atom is 0.387 e. The predicted octanol–water partition coefficient (Wildman–Crippen LogP) is 4.08. The molecule has 0 unspecified atom stereocenters. The van der Waals surface area contributed by atoms with Gasteiger partial charge in [0.2, 0.25) is 15.9 Å². The smallest absolute Gasteiger partial charge is 0.387 e. The minimum atomic E-state index is -3.70. The van der Waals surface area contributed by atoms with Crippen LogP contribution in [0.25, 0.3) is 6.08 Å². The number of nitrogens with zero attached hydrogens (tertiary/aromatic N) is 2. The van der Waals surface area contributed by atoms with Crippen LogP contribution in [0, 0.1) is 27.7 Å². The predicted molar refractivity (Wildman–Crippen MR) is 129 cm³/mol. The van der Waals surface area contributed by atoms with Crippen molar-refractivity contribution in [3.05, 3.63) is 58.2 Å². The van der Waals surface area contributed by atoms with Crippen LogP contribution in [0.2, 0.25) is 0 Å². The van der Waals surface area contributed by atoms with E-state index in [1.165, 1.54) is 35.7 Å². The van der Waals surface area contributed by atoms with E-state index < -0.39 is 16.6 Å². The highest BCUT2D eigenvalue weighted by Gasteiger charge is 2.32. The zero-order valence-corrected chi connectivity index (χ0v) is 21.3. The topological polar surface area (TPSA) is 76.2 Å². The quantitative estimate of drug-likeness (QED) is 0.527. The number of amides is 1. The molecule has 190 valence electrons. The molecule has 1 saturated heterocycles. The zero-order chi connectivity index (χ0) is 25.9. The molecule has 35 heavy (non-hydrogen) atoms. The number of rotatable bonds is 7. The summed E-state index contributed by atoms with van der Waals surface area (Å²) in [7, 11) is -2.36. The van der Waals surface area contributed by atoms with Crippen molar-refractivity contribution < 1.29 is 31.5 Å². The normalized spacial score (nSPS) is 15.1. The Morgan fingerprint density at radius 2 is 1.57 bits per heavy atom. The van der Waals surface area contributed by atoms with Gasteiger partial charge in [0.05, 0.1) is 12.0 Å². The lowest BCUT2D eigenvalue weighted by atomic mass is 10.0. The van der Waals surface area contributed by atoms with Crippen molar-refractivity contribution in [1.29, 1.82) is 0 Å². The number of sulfonamides is 1. The Hall–Kier alpha value is -2.98. The number of halogens is 2. The van der Waals surface area contributed by atoms with Crippen molar-refractivity contribution in [1.82, 2.24) is 9.21 Å². The highest BCUT2D eigenvalue weighted by molar-refractivity contribution is 7.89. The Kier molecular flexibility index (Phi) is 8.17. The first kappa shape index (κ1) is 26.6. The average Bonchev–Trinajstić information content (AvgIpc) is 2.81. The molecule has 1 aliphatic rings. The van der Waals surface area contributed by atoms with Crippen molar-refractivity contribution in [3.63, 3.8) is 0 Å². The molecule has 1 heterocycles. The lowest BCUT2D eigenvalue weighted by Crippen LogP contribution is -2.50. The van der Waals surface area contributed by atoms with E-state index in [0.717, 1.165) is 22.3 Å². The van der Waals surface area contributed by atoms with E-state index in [9.17, 15) is 22.0 Å². The van der Waals surface area contributed by atoms with Crippen LogP contribution in [-0.4, -0.2) is 63.4 Å². The van der Waals surface area contributed by atoms with Crippen molar-refractivity contribution >= 4 is 22.0 Å². The maximum atomic E-state index is 13.4. The van der Waals surface area contributed by atoms with Crippen molar-refractivity contribution in [2.45, 2.75) is 39.2 Å². The van der Waals surface area contributed by atoms with Gasteiger partial charge >= 0.3 is 6.61 Å². The molecule has 2 aromatic rings. The second-order valence-electron chi connectivity index (χ2n) is 8.44. The van der Waals surface area contributed by atoms with E-state index in [1.54, 1.807) is 11.0 Å². The fourth-order valence-electron chi connectivity index (χ4n) is 4.10. The summed E-state index contributed by atoms with van der Waals surface area (Å²) >= 11 is 0. The molecule has 1 amide bonds. The Morgan fingerprint density at radius 1 is 0.971 bits per heavy atom. The number of piperazine rings is 1. The second-order valence-corrected chi connectivity index (χ2v) is 10.3. The average molecular weight is 509 g/mol. The molecular formula is C25H30F2N2O5S. The molecule has 0 N–H and O–H groups in total. The molecule has 3 rings (SSSR count). The third-order valence-corrected chi connectivity index (χ3v) is 8.44. The van der Waals surface area contributed by atoms with Crippen LogP contribution in [0.3, 0.4) is 0 Å². The van der Waals surface area contributed by atoms with E-state index in [4.69, 9.17) is 4.74 Å². The van der Waals surface area contributed by atoms with Gasteiger partial charge in [-0.3, -0.25) is 4.79 Å². The first-order chi connectivity index (χ1) is 16.4. The molecule has 0 radical (unpaired) electrons. The van der Waals surface area contributed by atoms with Gasteiger partial charge in [-0.05, 0) is 73.7 Å². The number of carbonyl (C=O) groups excluding carboxylic acids is 1. The first-order valence-electron chi connectivity index (χ1n) is 11.1. The number of aryl methyl sites for hydroxylation is 2. The van der Waals surface area contributed by atoms with Crippen molar-refractivity contribution in [3.8, 4) is 11.5 Å². The summed E-state index contributed by atoms with van der Waals surface area (Å²) in [5.41, 5.74) is 3.91. The van der Waals surface area contributed by atoms with Gasteiger partial charge < -0.3 is 14.4 Å². The SMILES string of the molecule is COc1cc(/C=C/C(=O)N2CCN(S(=O)(=O)c3c(C)c(C)cc(C)c3C)CC2)ccc1OC(F)F. The first-order valence-corrected chi connectivity index (χ1v) is 12.6. The molecule has 0 aliphatic carbocycles. The Balaban J connectivity index is 1.68. The fourth-order valence-corrected chi connectivity index (χ4v) is 6.10. The highest BCUT2D eigenvalue weighted by atomic mass is 32.2. The van der Waals surface area contributed by atoms with E-state index in [2.05, 4.69) is 4.74 Å². The van der Waals surface area contributed by atoms with Crippen LogP contribution in [-0.2, 0) is 14.8 Å². The number of methoxy groups -OCH3 is 1. The van der Waals surface area contributed by atoms with Crippen LogP contribution >= 0.6 is 0 Å². The number of ether oxygens (including phenoxy) is 2. The summed E-state index contributed by atoms with van der Waals surface area (Å²) < 4.78 is 62.7. The van der Waals surface area contributed by atoms with Crippen LogP contribution < -0.4 is 9.47 Å². The number of hydrogen-bond acceptors (Lipinski definition) is 5. The van der Waals surface area contributed by atoms with Gasteiger partial charge in [0.1, 0.15) is 0 Å². The third kappa shape index (κ3) is 5.82. The summed E-state index contributed by atoms with van der Waals surface area (Å²) in [6.07, 6.45) is 2.91. The summed E-state index contributed by atoms with van der Waals surface area (Å²) in [4.78, 5) is 14.6. The Morgan fingerprint density at radius 3 is 2.11 bits per heavy atom. The molecule has 0 bridgehead atoms. The van der Waals surface area contributed by atoms with Crippen LogP contribution in [0.15, 0.2) is 35.2 Å². The molecule has 1 aliphatic heterocycles. The minimum absolute atomic E-state index is 0.0995. The maximum absolute atomic E-state index is 13.4. The zero-order valence-electron chi connectivity index (χ0n) is 20.5. The largest absolute Gasteiger partial charge is 0.493 e. The Bertz CT molecular complexity index is 1210. The molecule has 1 fully saturated rings. The van der Waals surface area contributed by atoms with Gasteiger partial charge in [-0.2, -0.15) is 13.1 Å². The summed E-state index contributed by atoms with van der Waals surface area (Å²) in [5, 5.41) is 0. The monoisotopic (exact) mass is 508 g/mol. The number of hydrogen-bond donors (Lipinski definition) is 0. The molecule has 0 saturated carbocycles. The summed E-state index contributed by atoms with van der Waals surface area (Å²) in [5.74, 6) is -0.249. The van der Waals surface area contributed by atoms with Gasteiger partial charge in [-0.15, -0.1) is 0 Å². The lowest BCUT2D eigenvalue weighted by Gasteiger charge is -2.34.